The normalized spacial score (nSPS) is 17.8. The number of ether oxygens (including phenoxy) is 1. The van der Waals surface area contributed by atoms with Crippen molar-refractivity contribution in [3.8, 4) is 0 Å². The molecule has 0 saturated heterocycles. The Kier molecular flexibility index (Phi) is 5.83. The first-order valence-electron chi connectivity index (χ1n) is 5.34. The number of alkyl carbamates (subject to hydrolysis) is 1. The summed E-state index contributed by atoms with van der Waals surface area (Å²) in [4.78, 5) is 11.2. The molecule has 14 heavy (non-hydrogen) atoms. The Bertz CT molecular complexity index is 170. The molecule has 0 bridgehead atoms. The van der Waals surface area contributed by atoms with Gasteiger partial charge in [0.05, 0.1) is 0 Å². The standard InChI is InChI=1S/C10H19NO2S/c1-2-14-8-13-10(12)11-9-6-4-3-5-7-9/h9H,2-8H2,1H3,(H,11,12). The molecule has 0 aliphatic heterocycles. The molecule has 0 aromatic rings. The van der Waals surface area contributed by atoms with E-state index < -0.39 is 0 Å². The van der Waals surface area contributed by atoms with E-state index in [9.17, 15) is 4.79 Å². The molecule has 0 aromatic heterocycles. The van der Waals surface area contributed by atoms with Crippen molar-refractivity contribution in [3.05, 3.63) is 0 Å². The van der Waals surface area contributed by atoms with E-state index in [0.29, 0.717) is 12.0 Å². The Morgan fingerprint density at radius 3 is 2.79 bits per heavy atom. The summed E-state index contributed by atoms with van der Waals surface area (Å²) in [6.45, 7) is 2.05. The van der Waals surface area contributed by atoms with Gasteiger partial charge in [-0.1, -0.05) is 26.2 Å². The summed E-state index contributed by atoms with van der Waals surface area (Å²) in [5.41, 5.74) is 0. The summed E-state index contributed by atoms with van der Waals surface area (Å²) in [6, 6.07) is 0.350. The fourth-order valence-electron chi connectivity index (χ4n) is 1.63. The van der Waals surface area contributed by atoms with Crippen molar-refractivity contribution in [1.82, 2.24) is 5.32 Å². The third kappa shape index (κ3) is 4.74. The molecule has 1 N–H and O–H groups in total. The van der Waals surface area contributed by atoms with Crippen LogP contribution in [0.4, 0.5) is 4.79 Å². The molecule has 1 aliphatic rings. The maximum absolute atomic E-state index is 11.2. The summed E-state index contributed by atoms with van der Waals surface area (Å²) < 4.78 is 5.00. The van der Waals surface area contributed by atoms with Gasteiger partial charge in [-0.2, -0.15) is 0 Å². The Labute approximate surface area is 90.0 Å². The van der Waals surface area contributed by atoms with Crippen LogP contribution in [-0.4, -0.2) is 23.8 Å². The molecule has 1 rings (SSSR count). The van der Waals surface area contributed by atoms with Gasteiger partial charge in [0.1, 0.15) is 5.94 Å². The molecule has 1 fully saturated rings. The average molecular weight is 217 g/mol. The summed E-state index contributed by atoms with van der Waals surface area (Å²) >= 11 is 1.62. The lowest BCUT2D eigenvalue weighted by molar-refractivity contribution is 0.158. The Morgan fingerprint density at radius 2 is 2.14 bits per heavy atom. The summed E-state index contributed by atoms with van der Waals surface area (Å²) in [6.07, 6.45) is 5.73. The van der Waals surface area contributed by atoms with Crippen molar-refractivity contribution >= 4 is 17.9 Å². The molecule has 0 atom stereocenters. The van der Waals surface area contributed by atoms with Crippen LogP contribution < -0.4 is 5.32 Å². The largest absolute Gasteiger partial charge is 0.438 e. The van der Waals surface area contributed by atoms with E-state index in [0.717, 1.165) is 18.6 Å². The lowest BCUT2D eigenvalue weighted by atomic mass is 9.96. The first-order valence-corrected chi connectivity index (χ1v) is 6.49. The van der Waals surface area contributed by atoms with Crippen LogP contribution in [0, 0.1) is 0 Å². The van der Waals surface area contributed by atoms with Crippen molar-refractivity contribution in [2.45, 2.75) is 45.1 Å². The number of nitrogens with one attached hydrogen (secondary N) is 1. The van der Waals surface area contributed by atoms with E-state index >= 15 is 0 Å². The van der Waals surface area contributed by atoms with Crippen LogP contribution in [0.5, 0.6) is 0 Å². The smallest absolute Gasteiger partial charge is 0.408 e. The minimum Gasteiger partial charge on any atom is -0.438 e. The highest BCUT2D eigenvalue weighted by molar-refractivity contribution is 7.99. The topological polar surface area (TPSA) is 38.3 Å². The molecule has 1 amide bonds. The first-order chi connectivity index (χ1) is 6.83. The van der Waals surface area contributed by atoms with Gasteiger partial charge in [-0.15, -0.1) is 11.8 Å². The van der Waals surface area contributed by atoms with Gasteiger partial charge in [0.25, 0.3) is 0 Å². The maximum atomic E-state index is 11.2. The van der Waals surface area contributed by atoms with Crippen LogP contribution in [0.15, 0.2) is 0 Å². The highest BCUT2D eigenvalue weighted by Gasteiger charge is 2.15. The van der Waals surface area contributed by atoms with Crippen LogP contribution in [0.2, 0.25) is 0 Å². The Balaban J connectivity index is 2.06. The molecular formula is C10H19NO2S. The zero-order valence-electron chi connectivity index (χ0n) is 8.75. The summed E-state index contributed by atoms with van der Waals surface area (Å²) in [7, 11) is 0. The molecule has 0 heterocycles. The second kappa shape index (κ2) is 6.98. The van der Waals surface area contributed by atoms with Crippen molar-refractivity contribution < 1.29 is 9.53 Å². The van der Waals surface area contributed by atoms with Crippen molar-refractivity contribution in [2.75, 3.05) is 11.7 Å². The summed E-state index contributed by atoms with van der Waals surface area (Å²) in [5.74, 6) is 1.45. The van der Waals surface area contributed by atoms with E-state index in [1.165, 1.54) is 19.3 Å². The number of hydrogen-bond donors (Lipinski definition) is 1. The molecule has 4 heteroatoms. The highest BCUT2D eigenvalue weighted by Crippen LogP contribution is 2.17. The van der Waals surface area contributed by atoms with Gasteiger partial charge in [-0.05, 0) is 18.6 Å². The number of rotatable bonds is 4. The van der Waals surface area contributed by atoms with Crippen molar-refractivity contribution in [2.24, 2.45) is 0 Å². The minimum atomic E-state index is -0.252. The van der Waals surface area contributed by atoms with E-state index in [1.54, 1.807) is 11.8 Å². The highest BCUT2D eigenvalue weighted by atomic mass is 32.2. The second-order valence-electron chi connectivity index (χ2n) is 3.52. The summed E-state index contributed by atoms with van der Waals surface area (Å²) in [5, 5.41) is 2.90. The van der Waals surface area contributed by atoms with Crippen LogP contribution >= 0.6 is 11.8 Å². The number of carbonyl (C=O) groups excluding carboxylic acids is 1. The van der Waals surface area contributed by atoms with Gasteiger partial charge >= 0.3 is 6.09 Å². The van der Waals surface area contributed by atoms with Gasteiger partial charge in [0, 0.05) is 6.04 Å². The molecule has 82 valence electrons. The maximum Gasteiger partial charge on any atom is 0.408 e. The molecular weight excluding hydrogens is 198 g/mol. The van der Waals surface area contributed by atoms with Crippen LogP contribution in [0.1, 0.15) is 39.0 Å². The average Bonchev–Trinajstić information content (AvgIpc) is 2.20. The lowest BCUT2D eigenvalue weighted by Gasteiger charge is -2.22. The molecule has 0 spiro atoms. The van der Waals surface area contributed by atoms with E-state index in [1.807, 2.05) is 6.92 Å². The van der Waals surface area contributed by atoms with Crippen LogP contribution in [-0.2, 0) is 4.74 Å². The lowest BCUT2D eigenvalue weighted by Crippen LogP contribution is -2.36. The molecule has 3 nitrogen and oxygen atoms in total. The third-order valence-corrected chi connectivity index (χ3v) is 3.10. The second-order valence-corrected chi connectivity index (χ2v) is 4.74. The molecule has 1 saturated carbocycles. The van der Waals surface area contributed by atoms with E-state index in [2.05, 4.69) is 5.32 Å². The molecule has 0 radical (unpaired) electrons. The van der Waals surface area contributed by atoms with E-state index in [-0.39, 0.29) is 6.09 Å². The van der Waals surface area contributed by atoms with Crippen molar-refractivity contribution in [1.29, 1.82) is 0 Å². The van der Waals surface area contributed by atoms with Crippen molar-refractivity contribution in [3.63, 3.8) is 0 Å². The zero-order valence-corrected chi connectivity index (χ0v) is 9.57. The van der Waals surface area contributed by atoms with Gasteiger partial charge in [-0.3, -0.25) is 0 Å². The Morgan fingerprint density at radius 1 is 1.43 bits per heavy atom. The molecule has 0 aromatic carbocycles. The number of hydrogen-bond acceptors (Lipinski definition) is 3. The number of amides is 1. The van der Waals surface area contributed by atoms with Crippen LogP contribution in [0.25, 0.3) is 0 Å². The number of carbonyl (C=O) groups is 1. The van der Waals surface area contributed by atoms with Gasteiger partial charge in [-0.25, -0.2) is 4.79 Å². The minimum absolute atomic E-state index is 0.252. The zero-order chi connectivity index (χ0) is 10.2. The quantitative estimate of drug-likeness (QED) is 0.581. The third-order valence-electron chi connectivity index (χ3n) is 2.40. The monoisotopic (exact) mass is 217 g/mol. The number of thioether (sulfide) groups is 1. The predicted octanol–water partition coefficient (Wildman–Crippen LogP) is 2.76. The first kappa shape index (κ1) is 11.7. The van der Waals surface area contributed by atoms with Gasteiger partial charge in [0.2, 0.25) is 0 Å². The SMILES string of the molecule is CCSCOC(=O)NC1CCCCC1. The fraction of sp³-hybridized carbons (Fsp3) is 0.900. The van der Waals surface area contributed by atoms with Gasteiger partial charge < -0.3 is 10.1 Å². The van der Waals surface area contributed by atoms with Gasteiger partial charge in [0.15, 0.2) is 0 Å². The molecule has 1 aliphatic carbocycles. The van der Waals surface area contributed by atoms with Crippen LogP contribution in [0.3, 0.4) is 0 Å². The fourth-order valence-corrected chi connectivity index (χ4v) is 1.99. The Hall–Kier alpha value is -0.380. The van der Waals surface area contributed by atoms with E-state index in [4.69, 9.17) is 4.74 Å². The molecule has 0 unspecified atom stereocenters. The predicted molar refractivity (Wildman–Crippen MR) is 59.5 cm³/mol.